The summed E-state index contributed by atoms with van der Waals surface area (Å²) in [4.78, 5) is 0. The van der Waals surface area contributed by atoms with Gasteiger partial charge in [-0.05, 0) is 31.6 Å². The second-order valence-corrected chi connectivity index (χ2v) is 3.21. The molecule has 1 nitrogen and oxygen atoms in total. The van der Waals surface area contributed by atoms with Gasteiger partial charge in [0, 0.05) is 5.92 Å². The molecule has 0 saturated heterocycles. The molecule has 1 heteroatoms. The molecule has 9 heavy (non-hydrogen) atoms. The lowest BCUT2D eigenvalue weighted by atomic mass is 9.84. The predicted octanol–water partition coefficient (Wildman–Crippen LogP) is 0.643. The Bertz CT molecular complexity index is 90.7. The summed E-state index contributed by atoms with van der Waals surface area (Å²) in [6.07, 6.45) is 7.25. The third-order valence-electron chi connectivity index (χ3n) is 2.33. The Labute approximate surface area is 57.0 Å². The van der Waals surface area contributed by atoms with E-state index >= 15 is 0 Å². The second kappa shape index (κ2) is 3.00. The van der Waals surface area contributed by atoms with Gasteiger partial charge in [-0.25, -0.2) is 0 Å². The maximum absolute atomic E-state index is 5.42. The molecule has 0 spiro atoms. The molecular formula is C8H16N+. The van der Waals surface area contributed by atoms with E-state index in [1.807, 2.05) is 6.21 Å². The Morgan fingerprint density at radius 3 is 2.22 bits per heavy atom. The van der Waals surface area contributed by atoms with Crippen LogP contribution in [0.15, 0.2) is 0 Å². The summed E-state index contributed by atoms with van der Waals surface area (Å²) in [6.45, 7) is 2.33. The summed E-state index contributed by atoms with van der Waals surface area (Å²) >= 11 is 0. The summed E-state index contributed by atoms with van der Waals surface area (Å²) in [6, 6.07) is 0. The highest BCUT2D eigenvalue weighted by molar-refractivity contribution is 5.53. The topological polar surface area (TPSA) is 25.6 Å². The molecule has 52 valence electrons. The molecule has 2 N–H and O–H groups in total. The van der Waals surface area contributed by atoms with E-state index in [2.05, 4.69) is 6.92 Å². The van der Waals surface area contributed by atoms with E-state index in [-0.39, 0.29) is 0 Å². The van der Waals surface area contributed by atoms with Crippen molar-refractivity contribution in [2.45, 2.75) is 32.6 Å². The van der Waals surface area contributed by atoms with E-state index < -0.39 is 0 Å². The summed E-state index contributed by atoms with van der Waals surface area (Å²) in [5, 5.41) is 5.42. The van der Waals surface area contributed by atoms with Crippen molar-refractivity contribution in [3.05, 3.63) is 0 Å². The van der Waals surface area contributed by atoms with Gasteiger partial charge in [0.1, 0.15) is 6.21 Å². The third-order valence-corrected chi connectivity index (χ3v) is 2.33. The molecule has 0 amide bonds. The molecule has 0 aromatic rings. The minimum atomic E-state index is 0.723. The largest absolute Gasteiger partial charge is 0.264 e. The van der Waals surface area contributed by atoms with Crippen LogP contribution in [0.5, 0.6) is 0 Å². The molecule has 1 saturated carbocycles. The lowest BCUT2D eigenvalue weighted by molar-refractivity contribution is -0.112. The maximum Gasteiger partial charge on any atom is 0.139 e. The second-order valence-electron chi connectivity index (χ2n) is 3.21. The first-order chi connectivity index (χ1) is 4.33. The number of hydrogen-bond donors (Lipinski definition) is 1. The molecule has 0 atom stereocenters. The van der Waals surface area contributed by atoms with Crippen molar-refractivity contribution in [1.82, 2.24) is 0 Å². The van der Waals surface area contributed by atoms with Gasteiger partial charge in [-0.15, -0.1) is 0 Å². The zero-order chi connectivity index (χ0) is 6.69. The van der Waals surface area contributed by atoms with Crippen LogP contribution in [0.1, 0.15) is 32.6 Å². The van der Waals surface area contributed by atoms with Crippen molar-refractivity contribution in [1.29, 1.82) is 0 Å². The van der Waals surface area contributed by atoms with Gasteiger partial charge in [0.2, 0.25) is 0 Å². The first kappa shape index (κ1) is 6.79. The lowest BCUT2D eigenvalue weighted by Crippen LogP contribution is -2.35. The zero-order valence-electron chi connectivity index (χ0n) is 6.14. The standard InChI is InChI=1S/C8H15N/c1-7-2-4-8(6-9)5-3-7/h6-9H,2-5H2,1H3/p+1. The highest BCUT2D eigenvalue weighted by atomic mass is 14.4. The number of hydrogen-bond acceptors (Lipinski definition) is 0. The van der Waals surface area contributed by atoms with Crippen molar-refractivity contribution in [2.75, 3.05) is 0 Å². The first-order valence-electron chi connectivity index (χ1n) is 3.88. The van der Waals surface area contributed by atoms with E-state index in [0.29, 0.717) is 0 Å². The van der Waals surface area contributed by atoms with Gasteiger partial charge < -0.3 is 0 Å². The molecule has 1 rings (SSSR count). The molecule has 0 heterocycles. The fourth-order valence-corrected chi connectivity index (χ4v) is 1.48. The minimum Gasteiger partial charge on any atom is -0.264 e. The van der Waals surface area contributed by atoms with E-state index in [1.165, 1.54) is 25.7 Å². The van der Waals surface area contributed by atoms with Crippen LogP contribution in [0.2, 0.25) is 0 Å². The Morgan fingerprint density at radius 2 is 1.78 bits per heavy atom. The maximum atomic E-state index is 5.42. The molecule has 0 aliphatic heterocycles. The molecular weight excluding hydrogens is 110 g/mol. The number of nitrogens with two attached hydrogens (primary N) is 1. The van der Waals surface area contributed by atoms with Crippen LogP contribution in [0.3, 0.4) is 0 Å². The van der Waals surface area contributed by atoms with Gasteiger partial charge in [-0.1, -0.05) is 6.92 Å². The highest BCUT2D eigenvalue weighted by Crippen LogP contribution is 2.26. The fourth-order valence-electron chi connectivity index (χ4n) is 1.48. The van der Waals surface area contributed by atoms with Crippen LogP contribution >= 0.6 is 0 Å². The summed E-state index contributed by atoms with van der Waals surface area (Å²) in [7, 11) is 0. The Hall–Kier alpha value is -0.330. The summed E-state index contributed by atoms with van der Waals surface area (Å²) in [5.74, 6) is 1.67. The quantitative estimate of drug-likeness (QED) is 0.499. The highest BCUT2D eigenvalue weighted by Gasteiger charge is 2.17. The van der Waals surface area contributed by atoms with E-state index in [0.717, 1.165) is 11.8 Å². The van der Waals surface area contributed by atoms with Crippen molar-refractivity contribution in [2.24, 2.45) is 11.8 Å². The molecule has 0 aromatic carbocycles. The monoisotopic (exact) mass is 126 g/mol. The summed E-state index contributed by atoms with van der Waals surface area (Å²) < 4.78 is 0. The van der Waals surface area contributed by atoms with Gasteiger partial charge in [0.05, 0.1) is 0 Å². The van der Waals surface area contributed by atoms with Crippen LogP contribution in [-0.2, 0) is 0 Å². The van der Waals surface area contributed by atoms with E-state index in [4.69, 9.17) is 5.41 Å². The fraction of sp³-hybridized carbons (Fsp3) is 0.875. The van der Waals surface area contributed by atoms with Gasteiger partial charge in [-0.3, -0.25) is 5.41 Å². The Morgan fingerprint density at radius 1 is 1.22 bits per heavy atom. The van der Waals surface area contributed by atoms with Crippen molar-refractivity contribution in [3.63, 3.8) is 0 Å². The van der Waals surface area contributed by atoms with Gasteiger partial charge in [-0.2, -0.15) is 0 Å². The zero-order valence-corrected chi connectivity index (χ0v) is 6.14. The van der Waals surface area contributed by atoms with Gasteiger partial charge in [0.25, 0.3) is 0 Å². The predicted molar refractivity (Wildman–Crippen MR) is 39.1 cm³/mol. The first-order valence-corrected chi connectivity index (χ1v) is 3.88. The van der Waals surface area contributed by atoms with Crippen molar-refractivity contribution in [3.8, 4) is 0 Å². The Kier molecular flexibility index (Phi) is 2.26. The number of rotatable bonds is 1. The molecule has 0 bridgehead atoms. The van der Waals surface area contributed by atoms with Crippen molar-refractivity contribution < 1.29 is 5.41 Å². The van der Waals surface area contributed by atoms with E-state index in [9.17, 15) is 0 Å². The molecule has 0 radical (unpaired) electrons. The van der Waals surface area contributed by atoms with Crippen LogP contribution in [0.25, 0.3) is 0 Å². The molecule has 0 unspecified atom stereocenters. The Balaban J connectivity index is 2.26. The SMILES string of the molecule is CC1CCC(C=[NH2+])CC1. The average molecular weight is 126 g/mol. The smallest absolute Gasteiger partial charge is 0.139 e. The van der Waals surface area contributed by atoms with Gasteiger partial charge >= 0.3 is 0 Å². The summed E-state index contributed by atoms with van der Waals surface area (Å²) in [5.41, 5.74) is 0. The molecule has 1 fully saturated rings. The van der Waals surface area contributed by atoms with Crippen LogP contribution in [-0.4, -0.2) is 6.21 Å². The van der Waals surface area contributed by atoms with Crippen LogP contribution in [0.4, 0.5) is 0 Å². The minimum absolute atomic E-state index is 0.723. The molecule has 1 aliphatic carbocycles. The normalized spacial score (nSPS) is 36.1. The van der Waals surface area contributed by atoms with Crippen LogP contribution in [0, 0.1) is 11.8 Å². The van der Waals surface area contributed by atoms with E-state index in [1.54, 1.807) is 0 Å². The van der Waals surface area contributed by atoms with Crippen LogP contribution < -0.4 is 5.41 Å². The molecule has 1 aliphatic rings. The average Bonchev–Trinajstić information content (AvgIpc) is 1.90. The van der Waals surface area contributed by atoms with Gasteiger partial charge in [0.15, 0.2) is 0 Å². The third kappa shape index (κ3) is 1.81. The lowest BCUT2D eigenvalue weighted by Gasteiger charge is -2.20. The van der Waals surface area contributed by atoms with Crippen molar-refractivity contribution >= 4 is 6.21 Å². The molecule has 0 aromatic heterocycles.